The summed E-state index contributed by atoms with van der Waals surface area (Å²) in [4.78, 5) is 25.9. The van der Waals surface area contributed by atoms with Crippen molar-refractivity contribution in [2.45, 2.75) is 6.92 Å². The highest BCUT2D eigenvalue weighted by Gasteiger charge is 2.00. The molecule has 2 N–H and O–H groups in total. The van der Waals surface area contributed by atoms with E-state index in [4.69, 9.17) is 0 Å². The summed E-state index contributed by atoms with van der Waals surface area (Å²) in [6, 6.07) is 0. The van der Waals surface area contributed by atoms with Gasteiger partial charge in [-0.2, -0.15) is 0 Å². The van der Waals surface area contributed by atoms with Crippen LogP contribution in [0.5, 0.6) is 0 Å². The van der Waals surface area contributed by atoms with Gasteiger partial charge in [-0.15, -0.1) is 0 Å². The average Bonchev–Trinajstić information content (AvgIpc) is 2.18. The van der Waals surface area contributed by atoms with Gasteiger partial charge in [-0.3, -0.25) is 9.59 Å². The molecule has 0 spiro atoms. The first-order chi connectivity index (χ1) is 7.11. The quantitative estimate of drug-likeness (QED) is 0.646. The van der Waals surface area contributed by atoms with Crippen LogP contribution >= 0.6 is 0 Å². The second-order valence-corrected chi connectivity index (χ2v) is 3.10. The van der Waals surface area contributed by atoms with Crippen molar-refractivity contribution in [1.82, 2.24) is 14.9 Å². The molecule has 6 heteroatoms. The SMILES string of the molecule is CC(=O)NCCNc1nccn(C)c1=O. The van der Waals surface area contributed by atoms with Gasteiger partial charge in [0.05, 0.1) is 0 Å². The molecule has 0 unspecified atom stereocenters. The van der Waals surface area contributed by atoms with E-state index >= 15 is 0 Å². The number of carbonyl (C=O) groups is 1. The average molecular weight is 210 g/mol. The van der Waals surface area contributed by atoms with E-state index in [9.17, 15) is 9.59 Å². The zero-order valence-corrected chi connectivity index (χ0v) is 8.78. The Morgan fingerprint density at radius 2 is 2.27 bits per heavy atom. The first kappa shape index (κ1) is 11.2. The molecular formula is C9H14N4O2. The molecule has 0 atom stereocenters. The predicted molar refractivity (Wildman–Crippen MR) is 56.7 cm³/mol. The molecule has 0 saturated heterocycles. The Kier molecular flexibility index (Phi) is 3.84. The molecule has 6 nitrogen and oxygen atoms in total. The van der Waals surface area contributed by atoms with Crippen molar-refractivity contribution in [3.05, 3.63) is 22.7 Å². The molecule has 0 radical (unpaired) electrons. The summed E-state index contributed by atoms with van der Waals surface area (Å²) < 4.78 is 1.44. The zero-order valence-electron chi connectivity index (χ0n) is 8.78. The van der Waals surface area contributed by atoms with Crippen LogP contribution in [0.4, 0.5) is 5.82 Å². The molecule has 15 heavy (non-hydrogen) atoms. The highest BCUT2D eigenvalue weighted by molar-refractivity contribution is 5.72. The minimum atomic E-state index is -0.180. The Labute approximate surface area is 87.3 Å². The molecule has 1 amide bonds. The first-order valence-electron chi connectivity index (χ1n) is 4.61. The Balaban J connectivity index is 2.48. The molecule has 0 aliphatic rings. The molecule has 82 valence electrons. The topological polar surface area (TPSA) is 76.0 Å². The molecule has 0 aliphatic carbocycles. The minimum Gasteiger partial charge on any atom is -0.364 e. The Hall–Kier alpha value is -1.85. The molecule has 0 aliphatic heterocycles. The number of hydrogen-bond donors (Lipinski definition) is 2. The van der Waals surface area contributed by atoms with Gasteiger partial charge in [-0.05, 0) is 0 Å². The molecule has 0 aromatic carbocycles. The second-order valence-electron chi connectivity index (χ2n) is 3.10. The van der Waals surface area contributed by atoms with Crippen LogP contribution in [0.2, 0.25) is 0 Å². The largest absolute Gasteiger partial charge is 0.364 e. The first-order valence-corrected chi connectivity index (χ1v) is 4.61. The van der Waals surface area contributed by atoms with Crippen LogP contribution < -0.4 is 16.2 Å². The molecule has 1 rings (SSSR count). The van der Waals surface area contributed by atoms with E-state index in [1.807, 2.05) is 0 Å². The van der Waals surface area contributed by atoms with Crippen molar-refractivity contribution in [3.8, 4) is 0 Å². The number of hydrogen-bond acceptors (Lipinski definition) is 4. The maximum atomic E-state index is 11.4. The monoisotopic (exact) mass is 210 g/mol. The van der Waals surface area contributed by atoms with E-state index < -0.39 is 0 Å². The van der Waals surface area contributed by atoms with Crippen LogP contribution in [0.3, 0.4) is 0 Å². The third-order valence-electron chi connectivity index (χ3n) is 1.81. The standard InChI is InChI=1S/C9H14N4O2/c1-7(14)10-3-4-11-8-9(15)13(2)6-5-12-8/h5-6H,3-4H2,1-2H3,(H,10,14)(H,11,12). The van der Waals surface area contributed by atoms with Crippen LogP contribution in [0.25, 0.3) is 0 Å². The zero-order chi connectivity index (χ0) is 11.3. The number of nitrogens with zero attached hydrogens (tertiary/aromatic N) is 2. The molecule has 1 aromatic heterocycles. The van der Waals surface area contributed by atoms with Gasteiger partial charge in [0.2, 0.25) is 5.91 Å². The lowest BCUT2D eigenvalue weighted by molar-refractivity contribution is -0.118. The number of carbonyl (C=O) groups excluding carboxylic acids is 1. The van der Waals surface area contributed by atoms with Crippen molar-refractivity contribution >= 4 is 11.7 Å². The second kappa shape index (κ2) is 5.14. The third-order valence-corrected chi connectivity index (χ3v) is 1.81. The van der Waals surface area contributed by atoms with Crippen LogP contribution in [0, 0.1) is 0 Å². The van der Waals surface area contributed by atoms with Gasteiger partial charge >= 0.3 is 0 Å². The van der Waals surface area contributed by atoms with Gasteiger partial charge in [0.15, 0.2) is 5.82 Å². The highest BCUT2D eigenvalue weighted by atomic mass is 16.1. The summed E-state index contributed by atoms with van der Waals surface area (Å²) in [6.45, 7) is 2.39. The van der Waals surface area contributed by atoms with E-state index in [0.717, 1.165) is 0 Å². The lowest BCUT2D eigenvalue weighted by Crippen LogP contribution is -2.29. The lowest BCUT2D eigenvalue weighted by atomic mass is 10.5. The van der Waals surface area contributed by atoms with E-state index in [0.29, 0.717) is 18.9 Å². The van der Waals surface area contributed by atoms with Gasteiger partial charge in [0.25, 0.3) is 5.56 Å². The highest BCUT2D eigenvalue weighted by Crippen LogP contribution is 1.89. The van der Waals surface area contributed by atoms with Crippen molar-refractivity contribution in [2.24, 2.45) is 7.05 Å². The maximum Gasteiger partial charge on any atom is 0.293 e. The summed E-state index contributed by atoms with van der Waals surface area (Å²) in [5, 5.41) is 5.46. The van der Waals surface area contributed by atoms with Crippen molar-refractivity contribution < 1.29 is 4.79 Å². The summed E-state index contributed by atoms with van der Waals surface area (Å²) in [5.74, 6) is 0.205. The number of nitrogens with one attached hydrogen (secondary N) is 2. The number of amides is 1. The number of anilines is 1. The summed E-state index contributed by atoms with van der Waals surface area (Å²) >= 11 is 0. The van der Waals surface area contributed by atoms with Crippen molar-refractivity contribution in [2.75, 3.05) is 18.4 Å². The van der Waals surface area contributed by atoms with Gasteiger partial charge in [-0.25, -0.2) is 4.98 Å². The lowest BCUT2D eigenvalue weighted by Gasteiger charge is -2.05. The molecular weight excluding hydrogens is 196 g/mol. The third kappa shape index (κ3) is 3.41. The van der Waals surface area contributed by atoms with E-state index in [1.165, 1.54) is 11.5 Å². The van der Waals surface area contributed by atoms with E-state index in [2.05, 4.69) is 15.6 Å². The number of aryl methyl sites for hydroxylation is 1. The Morgan fingerprint density at radius 1 is 1.53 bits per heavy atom. The fourth-order valence-corrected chi connectivity index (χ4v) is 1.04. The molecule has 1 aromatic rings. The molecule has 0 fully saturated rings. The van der Waals surface area contributed by atoms with E-state index in [1.54, 1.807) is 19.4 Å². The summed E-state index contributed by atoms with van der Waals surface area (Å²) in [6.07, 6.45) is 3.13. The molecule has 0 saturated carbocycles. The fraction of sp³-hybridized carbons (Fsp3) is 0.444. The van der Waals surface area contributed by atoms with Crippen molar-refractivity contribution in [3.63, 3.8) is 0 Å². The maximum absolute atomic E-state index is 11.4. The van der Waals surface area contributed by atoms with Gasteiger partial charge in [0, 0.05) is 39.5 Å². The van der Waals surface area contributed by atoms with Gasteiger partial charge < -0.3 is 15.2 Å². The van der Waals surface area contributed by atoms with Crippen molar-refractivity contribution in [1.29, 1.82) is 0 Å². The summed E-state index contributed by atoms with van der Waals surface area (Å²) in [5.41, 5.74) is -0.180. The predicted octanol–water partition coefficient (Wildman–Crippen LogP) is -0.672. The fourth-order valence-electron chi connectivity index (χ4n) is 1.04. The normalized spacial score (nSPS) is 9.73. The number of aromatic nitrogens is 2. The van der Waals surface area contributed by atoms with Crippen LogP contribution in [0.1, 0.15) is 6.92 Å². The molecule has 0 bridgehead atoms. The minimum absolute atomic E-state index is 0.0919. The Morgan fingerprint density at radius 3 is 2.93 bits per heavy atom. The van der Waals surface area contributed by atoms with E-state index in [-0.39, 0.29) is 11.5 Å². The van der Waals surface area contributed by atoms with Gasteiger partial charge in [0.1, 0.15) is 0 Å². The summed E-state index contributed by atoms with van der Waals surface area (Å²) in [7, 11) is 1.66. The van der Waals surface area contributed by atoms with Crippen LogP contribution in [-0.2, 0) is 11.8 Å². The number of rotatable bonds is 4. The van der Waals surface area contributed by atoms with Crippen LogP contribution in [0.15, 0.2) is 17.2 Å². The van der Waals surface area contributed by atoms with Gasteiger partial charge in [-0.1, -0.05) is 0 Å². The van der Waals surface area contributed by atoms with Crippen LogP contribution in [-0.4, -0.2) is 28.5 Å². The smallest absolute Gasteiger partial charge is 0.293 e. The molecule has 1 heterocycles. The Bertz CT molecular complexity index is 399.